The van der Waals surface area contributed by atoms with Crippen LogP contribution in [0, 0.1) is 0 Å². The van der Waals surface area contributed by atoms with Gasteiger partial charge in [-0.15, -0.1) is 0 Å². The molecular weight excluding hydrogens is 344 g/mol. The summed E-state index contributed by atoms with van der Waals surface area (Å²) in [5.41, 5.74) is 0. The number of aliphatic carboxylic acids is 2. The van der Waals surface area contributed by atoms with Crippen molar-refractivity contribution in [1.82, 2.24) is 0 Å². The van der Waals surface area contributed by atoms with E-state index >= 15 is 0 Å². The van der Waals surface area contributed by atoms with E-state index in [1.54, 1.807) is 0 Å². The van der Waals surface area contributed by atoms with Crippen molar-refractivity contribution in [2.45, 2.75) is 122 Å². The van der Waals surface area contributed by atoms with E-state index in [4.69, 9.17) is 15.3 Å². The minimum Gasteiger partial charge on any atom is -0.481 e. The van der Waals surface area contributed by atoms with Crippen molar-refractivity contribution in [3.8, 4) is 0 Å². The average molecular weight is 389 g/mol. The largest absolute Gasteiger partial charge is 0.481 e. The summed E-state index contributed by atoms with van der Waals surface area (Å²) >= 11 is 0. The topological polar surface area (TPSA) is 94.8 Å². The molecule has 0 fully saturated rings. The number of rotatable bonds is 19. The summed E-state index contributed by atoms with van der Waals surface area (Å²) in [7, 11) is 0. The molecule has 0 heterocycles. The third-order valence-electron chi connectivity index (χ3n) is 4.56. The quantitative estimate of drug-likeness (QED) is 0.230. The lowest BCUT2D eigenvalue weighted by molar-refractivity contribution is -0.143. The zero-order valence-electron chi connectivity index (χ0n) is 17.6. The van der Waals surface area contributed by atoms with E-state index in [2.05, 4.69) is 6.92 Å². The fourth-order valence-corrected chi connectivity index (χ4v) is 2.87. The van der Waals surface area contributed by atoms with Crippen molar-refractivity contribution >= 4 is 11.9 Å². The first kappa shape index (κ1) is 28.1. The standard InChI is InChI=1S/C18H38O.C4H6O4/c1-2-3-4-5-6-7-8-9-10-11-12-13-14-15-16-17-18-19;5-3(6)1-2-4(7)8/h19H,2-18H2,1H3;1-2H2,(H,5,6)(H,7,8). The van der Waals surface area contributed by atoms with Crippen LogP contribution in [0.2, 0.25) is 0 Å². The SMILES string of the molecule is CCCCCCCCCCCCCCCCCCO.O=C(O)CCC(=O)O. The summed E-state index contributed by atoms with van der Waals surface area (Å²) in [6, 6.07) is 0. The molecule has 0 saturated carbocycles. The van der Waals surface area contributed by atoms with Crippen LogP contribution in [0.1, 0.15) is 122 Å². The molecule has 0 aromatic rings. The number of carboxylic acid groups (broad SMARTS) is 2. The van der Waals surface area contributed by atoms with Gasteiger partial charge in [0.25, 0.3) is 0 Å². The van der Waals surface area contributed by atoms with Gasteiger partial charge < -0.3 is 15.3 Å². The summed E-state index contributed by atoms with van der Waals surface area (Å²) in [4.78, 5) is 19.3. The molecule has 0 spiro atoms. The molecular formula is C22H44O5. The first-order chi connectivity index (χ1) is 13.0. The Hall–Kier alpha value is -1.10. The fraction of sp³-hybridized carbons (Fsp3) is 0.909. The first-order valence-electron chi connectivity index (χ1n) is 11.1. The van der Waals surface area contributed by atoms with Crippen molar-refractivity contribution in [3.05, 3.63) is 0 Å². The lowest BCUT2D eigenvalue weighted by atomic mass is 10.0. The number of hydrogen-bond acceptors (Lipinski definition) is 3. The maximum absolute atomic E-state index is 9.64. The van der Waals surface area contributed by atoms with Crippen molar-refractivity contribution in [1.29, 1.82) is 0 Å². The van der Waals surface area contributed by atoms with E-state index in [0.717, 1.165) is 6.42 Å². The molecule has 0 atom stereocenters. The van der Waals surface area contributed by atoms with Gasteiger partial charge in [-0.2, -0.15) is 0 Å². The Bertz CT molecular complexity index is 288. The maximum Gasteiger partial charge on any atom is 0.303 e. The van der Waals surface area contributed by atoms with Crippen molar-refractivity contribution in [2.24, 2.45) is 0 Å². The number of aliphatic hydroxyl groups excluding tert-OH is 1. The van der Waals surface area contributed by atoms with Gasteiger partial charge in [0.1, 0.15) is 0 Å². The lowest BCUT2D eigenvalue weighted by Crippen LogP contribution is -2.00. The second-order valence-corrected chi connectivity index (χ2v) is 7.31. The van der Waals surface area contributed by atoms with E-state index < -0.39 is 11.9 Å². The van der Waals surface area contributed by atoms with Crippen molar-refractivity contribution in [3.63, 3.8) is 0 Å². The highest BCUT2D eigenvalue weighted by Gasteiger charge is 2.00. The molecule has 0 aromatic heterocycles. The number of carbonyl (C=O) groups is 2. The summed E-state index contributed by atoms with van der Waals surface area (Å²) in [5.74, 6) is -2.15. The van der Waals surface area contributed by atoms with Gasteiger partial charge in [-0.1, -0.05) is 103 Å². The number of unbranched alkanes of at least 4 members (excludes halogenated alkanes) is 15. The Morgan fingerprint density at radius 1 is 0.519 bits per heavy atom. The molecule has 27 heavy (non-hydrogen) atoms. The minimum absolute atomic E-state index is 0.296. The summed E-state index contributed by atoms with van der Waals surface area (Å²) in [6.45, 7) is 2.66. The van der Waals surface area contributed by atoms with Gasteiger partial charge in [0.05, 0.1) is 12.8 Å². The van der Waals surface area contributed by atoms with Gasteiger partial charge in [-0.05, 0) is 6.42 Å². The first-order valence-corrected chi connectivity index (χ1v) is 11.1. The molecule has 162 valence electrons. The molecule has 0 unspecified atom stereocenters. The van der Waals surface area contributed by atoms with Crippen molar-refractivity contribution < 1.29 is 24.9 Å². The van der Waals surface area contributed by atoms with Crippen LogP contribution in [0.3, 0.4) is 0 Å². The zero-order chi connectivity index (χ0) is 20.6. The summed E-state index contributed by atoms with van der Waals surface area (Å²) < 4.78 is 0. The predicted molar refractivity (Wildman–Crippen MR) is 111 cm³/mol. The second kappa shape index (κ2) is 24.9. The van der Waals surface area contributed by atoms with E-state index in [0.29, 0.717) is 6.61 Å². The fourth-order valence-electron chi connectivity index (χ4n) is 2.87. The number of hydrogen-bond donors (Lipinski definition) is 3. The average Bonchev–Trinajstić information content (AvgIpc) is 2.64. The smallest absolute Gasteiger partial charge is 0.303 e. The van der Waals surface area contributed by atoms with Crippen LogP contribution in [0.15, 0.2) is 0 Å². The summed E-state index contributed by atoms with van der Waals surface area (Å²) in [5, 5.41) is 24.5. The van der Waals surface area contributed by atoms with Crippen molar-refractivity contribution in [2.75, 3.05) is 6.61 Å². The zero-order valence-corrected chi connectivity index (χ0v) is 17.6. The molecule has 5 heteroatoms. The molecule has 0 aliphatic rings. The molecule has 0 radical (unpaired) electrons. The Morgan fingerprint density at radius 3 is 1.00 bits per heavy atom. The van der Waals surface area contributed by atoms with Gasteiger partial charge in [-0.3, -0.25) is 9.59 Å². The molecule has 0 aliphatic heterocycles. The van der Waals surface area contributed by atoms with Crippen LogP contribution in [0.25, 0.3) is 0 Å². The van der Waals surface area contributed by atoms with Gasteiger partial charge >= 0.3 is 11.9 Å². The van der Waals surface area contributed by atoms with E-state index in [-0.39, 0.29) is 12.8 Å². The third-order valence-corrected chi connectivity index (χ3v) is 4.56. The monoisotopic (exact) mass is 388 g/mol. The predicted octanol–water partition coefficient (Wildman–Crippen LogP) is 6.18. The van der Waals surface area contributed by atoms with E-state index in [1.165, 1.54) is 96.3 Å². The van der Waals surface area contributed by atoms with Gasteiger partial charge in [0, 0.05) is 6.61 Å². The van der Waals surface area contributed by atoms with Crippen LogP contribution < -0.4 is 0 Å². The molecule has 0 aliphatic carbocycles. The Balaban J connectivity index is 0. The lowest BCUT2D eigenvalue weighted by Gasteiger charge is -2.03. The molecule has 0 saturated heterocycles. The molecule has 0 aromatic carbocycles. The molecule has 0 amide bonds. The Kier molecular flexibility index (Phi) is 25.9. The molecule has 0 rings (SSSR count). The third kappa shape index (κ3) is 33.0. The van der Waals surface area contributed by atoms with Gasteiger partial charge in [0.2, 0.25) is 0 Å². The number of carboxylic acids is 2. The highest BCUT2D eigenvalue weighted by molar-refractivity contribution is 5.75. The van der Waals surface area contributed by atoms with Crippen LogP contribution in [0.5, 0.6) is 0 Å². The molecule has 5 nitrogen and oxygen atoms in total. The van der Waals surface area contributed by atoms with Crippen LogP contribution >= 0.6 is 0 Å². The van der Waals surface area contributed by atoms with E-state index in [1.807, 2.05) is 0 Å². The van der Waals surface area contributed by atoms with E-state index in [9.17, 15) is 9.59 Å². The highest BCUT2D eigenvalue weighted by Crippen LogP contribution is 2.13. The second-order valence-electron chi connectivity index (χ2n) is 7.31. The Labute approximate surface area is 166 Å². The van der Waals surface area contributed by atoms with Crippen LogP contribution in [-0.2, 0) is 9.59 Å². The number of aliphatic hydroxyl groups is 1. The highest BCUT2D eigenvalue weighted by atomic mass is 16.4. The molecule has 0 bridgehead atoms. The van der Waals surface area contributed by atoms with Gasteiger partial charge in [-0.25, -0.2) is 0 Å². The van der Waals surface area contributed by atoms with Crippen LogP contribution in [-0.4, -0.2) is 33.9 Å². The van der Waals surface area contributed by atoms with Gasteiger partial charge in [0.15, 0.2) is 0 Å². The van der Waals surface area contributed by atoms with Crippen LogP contribution in [0.4, 0.5) is 0 Å². The summed E-state index contributed by atoms with van der Waals surface area (Å²) in [6.07, 6.45) is 21.6. The Morgan fingerprint density at radius 2 is 0.778 bits per heavy atom. The molecule has 3 N–H and O–H groups in total. The normalized spacial score (nSPS) is 10.3. The minimum atomic E-state index is -1.08. The maximum atomic E-state index is 9.64.